The number of benzene rings is 3. The summed E-state index contributed by atoms with van der Waals surface area (Å²) in [5.74, 6) is 0. The molecule has 3 aromatic rings. The van der Waals surface area contributed by atoms with Crippen LogP contribution in [-0.4, -0.2) is 0 Å². The Kier molecular flexibility index (Phi) is 5.14. The molecule has 0 spiro atoms. The van der Waals surface area contributed by atoms with Crippen molar-refractivity contribution in [1.82, 2.24) is 0 Å². The molecular formula is C14H8Li2S. The van der Waals surface area contributed by atoms with Crippen LogP contribution in [0.15, 0.2) is 53.4 Å². The molecule has 3 heteroatoms. The van der Waals surface area contributed by atoms with Gasteiger partial charge in [-0.25, -0.2) is 0 Å². The first-order chi connectivity index (χ1) is 7.36. The van der Waals surface area contributed by atoms with E-state index in [2.05, 4.69) is 30.3 Å². The monoisotopic (exact) mass is 222 g/mol. The molecule has 0 heterocycles. The van der Waals surface area contributed by atoms with Crippen molar-refractivity contribution in [1.29, 1.82) is 0 Å². The first kappa shape index (κ1) is 14.7. The number of hydrogen-bond acceptors (Lipinski definition) is 1. The van der Waals surface area contributed by atoms with E-state index in [1.165, 1.54) is 10.8 Å². The molecular weight excluding hydrogens is 214 g/mol. The Labute approximate surface area is 131 Å². The van der Waals surface area contributed by atoms with Crippen molar-refractivity contribution in [3.63, 3.8) is 0 Å². The van der Waals surface area contributed by atoms with Crippen LogP contribution >= 0.6 is 0 Å². The molecule has 0 unspecified atom stereocenters. The Hall–Kier alpha value is -0.405. The van der Waals surface area contributed by atoms with E-state index < -0.39 is 0 Å². The molecule has 0 aliphatic rings. The molecule has 0 atom stereocenters. The van der Waals surface area contributed by atoms with Crippen molar-refractivity contribution in [2.75, 3.05) is 0 Å². The fraction of sp³-hybridized carbons (Fsp3) is 0. The van der Waals surface area contributed by atoms with Crippen molar-refractivity contribution in [3.8, 4) is 0 Å². The second-order valence-electron chi connectivity index (χ2n) is 3.55. The van der Waals surface area contributed by atoms with Gasteiger partial charge in [-0.1, -0.05) is 41.8 Å². The average Bonchev–Trinajstić information content (AvgIpc) is 2.30. The van der Waals surface area contributed by atoms with Crippen molar-refractivity contribution >= 4 is 34.2 Å². The number of rotatable bonds is 0. The summed E-state index contributed by atoms with van der Waals surface area (Å²) < 4.78 is 0. The maximum absolute atomic E-state index is 5.33. The Bertz CT molecular complexity index is 650. The largest absolute Gasteiger partial charge is 1.00 e. The summed E-state index contributed by atoms with van der Waals surface area (Å²) in [5.41, 5.74) is 0. The Morgan fingerprint density at radius 1 is 0.706 bits per heavy atom. The standard InChI is InChI=1S/C14H9S.2Li/c15-14-9-10-5-1-2-6-11(10)12-7-3-4-8-13(12)14;;/h1-8,15H;;/q-1;2*+1/p-1. The summed E-state index contributed by atoms with van der Waals surface area (Å²) >= 11 is 5.33. The quantitative estimate of drug-likeness (QED) is 0.178. The van der Waals surface area contributed by atoms with Gasteiger partial charge in [-0.05, 0) is 0 Å². The van der Waals surface area contributed by atoms with E-state index in [9.17, 15) is 0 Å². The van der Waals surface area contributed by atoms with Gasteiger partial charge in [-0.15, -0.1) is 28.3 Å². The zero-order chi connectivity index (χ0) is 10.3. The molecule has 0 N–H and O–H groups in total. The van der Waals surface area contributed by atoms with E-state index in [4.69, 9.17) is 12.6 Å². The summed E-state index contributed by atoms with van der Waals surface area (Å²) in [6.07, 6.45) is 0. The minimum atomic E-state index is 0. The molecule has 3 aromatic carbocycles. The van der Waals surface area contributed by atoms with E-state index in [1.54, 1.807) is 0 Å². The van der Waals surface area contributed by atoms with E-state index in [0.717, 1.165) is 15.7 Å². The molecule has 0 aliphatic heterocycles. The average molecular weight is 222 g/mol. The third kappa shape index (κ3) is 2.55. The minimum absolute atomic E-state index is 0. The third-order valence-electron chi connectivity index (χ3n) is 2.64. The second-order valence-corrected chi connectivity index (χ2v) is 3.95. The van der Waals surface area contributed by atoms with Crippen LogP contribution in [0.5, 0.6) is 0 Å². The van der Waals surface area contributed by atoms with Crippen LogP contribution < -0.4 is 37.7 Å². The summed E-state index contributed by atoms with van der Waals surface area (Å²) in [5, 5.41) is 4.66. The van der Waals surface area contributed by atoms with E-state index in [0.29, 0.717) is 0 Å². The summed E-state index contributed by atoms with van der Waals surface area (Å²) in [4.78, 5) is 0.810. The van der Waals surface area contributed by atoms with E-state index >= 15 is 0 Å². The zero-order valence-electron chi connectivity index (χ0n) is 10.0. The second kappa shape index (κ2) is 5.97. The van der Waals surface area contributed by atoms with Gasteiger partial charge in [0.05, 0.1) is 0 Å². The smallest absolute Gasteiger partial charge is 0.799 e. The van der Waals surface area contributed by atoms with Crippen LogP contribution in [0.3, 0.4) is 0 Å². The first-order valence-corrected chi connectivity index (χ1v) is 5.27. The Morgan fingerprint density at radius 2 is 1.24 bits per heavy atom. The van der Waals surface area contributed by atoms with Gasteiger partial charge in [-0.3, -0.25) is 4.90 Å². The first-order valence-electron chi connectivity index (χ1n) is 4.86. The molecule has 17 heavy (non-hydrogen) atoms. The molecule has 0 saturated heterocycles. The third-order valence-corrected chi connectivity index (χ3v) is 2.96. The van der Waals surface area contributed by atoms with Crippen LogP contribution in [0.1, 0.15) is 0 Å². The molecule has 72 valence electrons. The van der Waals surface area contributed by atoms with Gasteiger partial charge < -0.3 is 12.6 Å². The van der Waals surface area contributed by atoms with Gasteiger partial charge in [0.15, 0.2) is 0 Å². The van der Waals surface area contributed by atoms with Crippen molar-refractivity contribution < 1.29 is 37.7 Å². The van der Waals surface area contributed by atoms with E-state index in [-0.39, 0.29) is 37.7 Å². The molecule has 0 nitrogen and oxygen atoms in total. The topological polar surface area (TPSA) is 0 Å². The molecule has 0 aromatic heterocycles. The van der Waals surface area contributed by atoms with Gasteiger partial charge >= 0.3 is 37.7 Å². The molecule has 0 radical (unpaired) electrons. The van der Waals surface area contributed by atoms with Gasteiger partial charge in [0, 0.05) is 0 Å². The van der Waals surface area contributed by atoms with E-state index in [1.807, 2.05) is 24.3 Å². The fourth-order valence-electron chi connectivity index (χ4n) is 1.93. The molecule has 0 saturated carbocycles. The zero-order valence-corrected chi connectivity index (χ0v) is 10.8. The Balaban J connectivity index is 0.000000722. The van der Waals surface area contributed by atoms with Crippen molar-refractivity contribution in [3.05, 3.63) is 54.6 Å². The normalized spacial score (nSPS) is 9.65. The summed E-state index contributed by atoms with van der Waals surface area (Å²) in [6.45, 7) is 0. The van der Waals surface area contributed by atoms with Gasteiger partial charge in [0.25, 0.3) is 0 Å². The molecule has 0 fully saturated rings. The number of fused-ring (bicyclic) bond motifs is 3. The molecule has 3 rings (SSSR count). The maximum atomic E-state index is 5.33. The SMILES string of the molecule is [Li+].[Li+].[S-]c1[c-]c2ccccc2c2ccccc12. The molecule has 0 amide bonds. The van der Waals surface area contributed by atoms with Crippen LogP contribution in [0.4, 0.5) is 0 Å². The minimum Gasteiger partial charge on any atom is -0.799 e. The predicted octanol–water partition coefficient (Wildman–Crippen LogP) is -2.29. The van der Waals surface area contributed by atoms with Gasteiger partial charge in [-0.2, -0.15) is 6.07 Å². The van der Waals surface area contributed by atoms with Crippen LogP contribution in [-0.2, 0) is 12.6 Å². The summed E-state index contributed by atoms with van der Waals surface area (Å²) in [6, 6.07) is 19.7. The van der Waals surface area contributed by atoms with Crippen molar-refractivity contribution in [2.24, 2.45) is 0 Å². The van der Waals surface area contributed by atoms with Gasteiger partial charge in [0.1, 0.15) is 0 Å². The van der Waals surface area contributed by atoms with Crippen LogP contribution in [0, 0.1) is 6.07 Å². The van der Waals surface area contributed by atoms with Crippen LogP contribution in [0.2, 0.25) is 0 Å². The maximum Gasteiger partial charge on any atom is 1.00 e. The van der Waals surface area contributed by atoms with Crippen LogP contribution in [0.25, 0.3) is 21.5 Å². The Morgan fingerprint density at radius 3 is 1.94 bits per heavy atom. The fourth-order valence-corrected chi connectivity index (χ4v) is 2.22. The number of hydrogen-bond donors (Lipinski definition) is 0. The van der Waals surface area contributed by atoms with Crippen molar-refractivity contribution in [2.45, 2.75) is 4.90 Å². The summed E-state index contributed by atoms with van der Waals surface area (Å²) in [7, 11) is 0. The predicted molar refractivity (Wildman–Crippen MR) is 65.9 cm³/mol. The molecule has 0 aliphatic carbocycles. The molecule has 0 bridgehead atoms. The van der Waals surface area contributed by atoms with Gasteiger partial charge in [0.2, 0.25) is 0 Å².